The molecule has 5 heteroatoms. The van der Waals surface area contributed by atoms with Crippen molar-refractivity contribution in [2.75, 3.05) is 7.11 Å². The molecule has 0 fully saturated rings. The molecule has 1 N–H and O–H groups in total. The van der Waals surface area contributed by atoms with Gasteiger partial charge >= 0.3 is 23.4 Å². The van der Waals surface area contributed by atoms with Crippen LogP contribution < -0.4 is 0 Å². The van der Waals surface area contributed by atoms with Crippen molar-refractivity contribution in [3.05, 3.63) is 0 Å². The summed E-state index contributed by atoms with van der Waals surface area (Å²) in [6.07, 6.45) is 0. The molecule has 0 aromatic carbocycles. The van der Waals surface area contributed by atoms with Crippen LogP contribution in [-0.2, 0) is 7.27 Å². The summed E-state index contributed by atoms with van der Waals surface area (Å²) < 4.78 is 10.1. The molecule has 0 radical (unpaired) electrons. The topological polar surface area (TPSA) is 38.7 Å². The van der Waals surface area contributed by atoms with Gasteiger partial charge in [-0.05, 0) is 13.1 Å². The van der Waals surface area contributed by atoms with Crippen molar-refractivity contribution < 1.29 is 12.1 Å². The summed E-state index contributed by atoms with van der Waals surface area (Å²) in [5.41, 5.74) is 0. The normalized spacial score (nSPS) is 11.7. The van der Waals surface area contributed by atoms with Crippen LogP contribution in [0.3, 0.4) is 0 Å². The Morgan fingerprint density at radius 1 is 1.44 bits per heavy atom. The molecular formula is C4H13AlO3Si. The molecular weight excluding hydrogens is 151 g/mol. The van der Waals surface area contributed by atoms with Gasteiger partial charge in [-0.3, -0.25) is 0 Å². The van der Waals surface area contributed by atoms with E-state index < -0.39 is 23.4 Å². The molecule has 9 heavy (non-hydrogen) atoms. The van der Waals surface area contributed by atoms with Gasteiger partial charge in [-0.1, -0.05) is 5.79 Å². The van der Waals surface area contributed by atoms with Crippen molar-refractivity contribution in [3.8, 4) is 0 Å². The Balaban J connectivity index is 3.47. The molecule has 0 saturated heterocycles. The van der Waals surface area contributed by atoms with Gasteiger partial charge in [-0.2, -0.15) is 0 Å². The minimum absolute atomic E-state index is 1.49. The van der Waals surface area contributed by atoms with Crippen molar-refractivity contribution in [3.63, 3.8) is 0 Å². The van der Waals surface area contributed by atoms with E-state index in [4.69, 9.17) is 7.27 Å². The maximum atomic E-state index is 9.19. The molecule has 0 aromatic heterocycles. The third-order valence-corrected chi connectivity index (χ3v) is 5.09. The Bertz CT molecular complexity index is 82.4. The van der Waals surface area contributed by atoms with Crippen molar-refractivity contribution in [1.82, 2.24) is 0 Å². The molecule has 54 valence electrons. The van der Waals surface area contributed by atoms with Gasteiger partial charge in [0.15, 0.2) is 0 Å². The van der Waals surface area contributed by atoms with E-state index in [-0.39, 0.29) is 0 Å². The molecule has 0 saturated carbocycles. The van der Waals surface area contributed by atoms with Crippen LogP contribution in [0.5, 0.6) is 0 Å². The van der Waals surface area contributed by atoms with Gasteiger partial charge in [0.1, 0.15) is 0 Å². The summed E-state index contributed by atoms with van der Waals surface area (Å²) in [6, 6.07) is 0. The van der Waals surface area contributed by atoms with Crippen LogP contribution >= 0.6 is 0 Å². The van der Waals surface area contributed by atoms with Crippen LogP contribution in [0.4, 0.5) is 0 Å². The molecule has 0 rings (SSSR count). The van der Waals surface area contributed by atoms with Gasteiger partial charge in [-0.15, -0.1) is 0 Å². The fourth-order valence-corrected chi connectivity index (χ4v) is 4.09. The first-order valence-electron chi connectivity index (χ1n) is 2.88. The van der Waals surface area contributed by atoms with E-state index in [0.29, 0.717) is 0 Å². The zero-order chi connectivity index (χ0) is 7.49. The zero-order valence-corrected chi connectivity index (χ0v) is 8.50. The molecule has 0 spiro atoms. The van der Waals surface area contributed by atoms with Crippen LogP contribution in [0.15, 0.2) is 0 Å². The molecule has 0 bridgehead atoms. The van der Waals surface area contributed by atoms with E-state index in [9.17, 15) is 4.80 Å². The first-order valence-corrected chi connectivity index (χ1v) is 7.84. The average molecular weight is 164 g/mol. The minimum atomic E-state index is -2.30. The van der Waals surface area contributed by atoms with Crippen LogP contribution in [0.1, 0.15) is 0 Å². The average Bonchev–Trinajstić information content (AvgIpc) is 1.62. The van der Waals surface area contributed by atoms with Crippen molar-refractivity contribution in [2.24, 2.45) is 0 Å². The predicted molar refractivity (Wildman–Crippen MR) is 39.4 cm³/mol. The summed E-state index contributed by atoms with van der Waals surface area (Å²) in [7, 11) is -0.696. The second-order valence-corrected chi connectivity index (χ2v) is 7.81. The fourth-order valence-electron chi connectivity index (χ4n) is 0.454. The molecule has 0 aliphatic rings. The van der Waals surface area contributed by atoms with E-state index in [1.54, 1.807) is 20.2 Å². The highest BCUT2D eigenvalue weighted by Gasteiger charge is 2.27. The summed E-state index contributed by atoms with van der Waals surface area (Å²) in [5.74, 6) is 1.89. The Labute approximate surface area is 61.9 Å². The highest BCUT2D eigenvalue weighted by Crippen LogP contribution is 2.00. The fraction of sp³-hybridized carbons (Fsp3) is 1.00. The van der Waals surface area contributed by atoms with Gasteiger partial charge in [0, 0.05) is 7.11 Å². The van der Waals surface area contributed by atoms with Crippen molar-refractivity contribution >= 4 is 23.4 Å². The van der Waals surface area contributed by atoms with Gasteiger partial charge in [0.05, 0.1) is 0 Å². The Kier molecular flexibility index (Phi) is 3.97. The second-order valence-electron chi connectivity index (χ2n) is 2.37. The van der Waals surface area contributed by atoms with E-state index in [0.717, 1.165) is 0 Å². The Morgan fingerprint density at radius 2 is 1.89 bits per heavy atom. The number of rotatable bonds is 3. The van der Waals surface area contributed by atoms with Crippen LogP contribution in [0.2, 0.25) is 18.9 Å². The van der Waals surface area contributed by atoms with Crippen molar-refractivity contribution in [2.45, 2.75) is 18.9 Å². The lowest BCUT2D eigenvalue weighted by Crippen LogP contribution is -2.37. The SMILES string of the molecule is C[O][Al]([CH3])[O][Si](C)(C)O. The maximum absolute atomic E-state index is 9.19. The number of hydrogen-bond acceptors (Lipinski definition) is 3. The zero-order valence-electron chi connectivity index (χ0n) is 6.34. The van der Waals surface area contributed by atoms with Gasteiger partial charge in [0.2, 0.25) is 0 Å². The monoisotopic (exact) mass is 164 g/mol. The van der Waals surface area contributed by atoms with Gasteiger partial charge in [0.25, 0.3) is 0 Å². The largest absolute Gasteiger partial charge is 0.661 e. The highest BCUT2D eigenvalue weighted by molar-refractivity contribution is 6.70. The van der Waals surface area contributed by atoms with E-state index in [1.807, 2.05) is 5.79 Å². The smallest absolute Gasteiger partial charge is 0.503 e. The quantitative estimate of drug-likeness (QED) is 0.616. The van der Waals surface area contributed by atoms with Crippen molar-refractivity contribution in [1.29, 1.82) is 0 Å². The summed E-state index contributed by atoms with van der Waals surface area (Å²) >= 11 is -1.49. The van der Waals surface area contributed by atoms with Crippen LogP contribution in [-0.4, -0.2) is 35.3 Å². The maximum Gasteiger partial charge on any atom is 0.661 e. The molecule has 0 aliphatic heterocycles. The van der Waals surface area contributed by atoms with Gasteiger partial charge < -0.3 is 12.1 Å². The highest BCUT2D eigenvalue weighted by atomic mass is 28.4. The minimum Gasteiger partial charge on any atom is -0.503 e. The third kappa shape index (κ3) is 6.52. The molecule has 3 nitrogen and oxygen atoms in total. The summed E-state index contributed by atoms with van der Waals surface area (Å²) in [4.78, 5) is 9.19. The molecule has 0 unspecified atom stereocenters. The number of hydrogen-bond donors (Lipinski definition) is 1. The molecule has 0 amide bonds. The standard InChI is InChI=1S/C2H7O2Si.CH3O.CH3.Al/c1-5(2,3)4;1-2;;/h3H,1-2H3;1H3;1H3;/q2*-1;;+2. The lowest BCUT2D eigenvalue weighted by atomic mass is 11.8. The lowest BCUT2D eigenvalue weighted by molar-refractivity contribution is 0.301. The van der Waals surface area contributed by atoms with E-state index in [2.05, 4.69) is 0 Å². The molecule has 0 aliphatic carbocycles. The van der Waals surface area contributed by atoms with Crippen LogP contribution in [0.25, 0.3) is 0 Å². The first kappa shape index (κ1) is 9.63. The summed E-state index contributed by atoms with van der Waals surface area (Å²) in [5, 5.41) is 0. The Hall–Kier alpha value is 0.629. The van der Waals surface area contributed by atoms with E-state index in [1.165, 1.54) is 0 Å². The predicted octanol–water partition coefficient (Wildman–Crippen LogP) is 0.461. The lowest BCUT2D eigenvalue weighted by Gasteiger charge is -2.17. The molecule has 0 aromatic rings. The summed E-state index contributed by atoms with van der Waals surface area (Å²) in [6.45, 7) is 3.46. The first-order chi connectivity index (χ1) is 3.95. The third-order valence-electron chi connectivity index (χ3n) is 0.786. The van der Waals surface area contributed by atoms with Crippen LogP contribution in [0, 0.1) is 0 Å². The molecule has 0 atom stereocenters. The molecule has 0 heterocycles. The van der Waals surface area contributed by atoms with E-state index >= 15 is 0 Å². The Morgan fingerprint density at radius 3 is 2.00 bits per heavy atom. The van der Waals surface area contributed by atoms with Gasteiger partial charge in [-0.25, -0.2) is 0 Å². The second kappa shape index (κ2) is 3.71.